The molecule has 1 aliphatic heterocycles. The molecule has 0 fully saturated rings. The van der Waals surface area contributed by atoms with Gasteiger partial charge in [-0.1, -0.05) is 29.8 Å². The number of ether oxygens (including phenoxy) is 1. The molecule has 1 heterocycles. The van der Waals surface area contributed by atoms with Gasteiger partial charge in [-0.3, -0.25) is 4.79 Å². The number of carbonyl (C=O) groups excluding carboxylic acids is 1. The molecule has 0 atom stereocenters. The lowest BCUT2D eigenvalue weighted by Crippen LogP contribution is -2.28. The Morgan fingerprint density at radius 1 is 1.06 bits per heavy atom. The molecule has 0 radical (unpaired) electrons. The summed E-state index contributed by atoms with van der Waals surface area (Å²) >= 11 is 5.94. The molecule has 4 rings (SSSR count). The fourth-order valence-electron chi connectivity index (χ4n) is 3.40. The van der Waals surface area contributed by atoms with Crippen LogP contribution in [0.4, 0.5) is 5.69 Å². The zero-order chi connectivity index (χ0) is 23.4. The molecule has 1 N–H and O–H groups in total. The molecule has 0 bridgehead atoms. The molecule has 0 spiro atoms. The highest BCUT2D eigenvalue weighted by Gasteiger charge is 2.28. The average Bonchev–Trinajstić information content (AvgIpc) is 3.06. The molecule has 0 saturated carbocycles. The van der Waals surface area contributed by atoms with Crippen LogP contribution in [0.2, 0.25) is 5.02 Å². The number of anilines is 1. The van der Waals surface area contributed by atoms with Crippen LogP contribution in [0.15, 0.2) is 82.1 Å². The van der Waals surface area contributed by atoms with Crippen molar-refractivity contribution < 1.29 is 17.9 Å². The summed E-state index contributed by atoms with van der Waals surface area (Å²) in [6.07, 6.45) is 0.669. The van der Waals surface area contributed by atoms with E-state index in [2.05, 4.69) is 9.71 Å². The summed E-state index contributed by atoms with van der Waals surface area (Å²) in [7, 11) is -1.95. The fourth-order valence-corrected chi connectivity index (χ4v) is 4.76. The van der Waals surface area contributed by atoms with E-state index in [0.717, 1.165) is 0 Å². The van der Waals surface area contributed by atoms with Gasteiger partial charge >= 0.3 is 0 Å². The molecule has 9 heteroatoms. The van der Waals surface area contributed by atoms with Crippen molar-refractivity contribution >= 4 is 39.1 Å². The van der Waals surface area contributed by atoms with Crippen LogP contribution >= 0.6 is 11.6 Å². The van der Waals surface area contributed by atoms with E-state index in [0.29, 0.717) is 47.2 Å². The molecule has 33 heavy (non-hydrogen) atoms. The van der Waals surface area contributed by atoms with Crippen molar-refractivity contribution in [2.75, 3.05) is 25.5 Å². The first-order chi connectivity index (χ1) is 15.8. The van der Waals surface area contributed by atoms with E-state index in [1.807, 2.05) is 12.1 Å². The number of hydrogen-bond acceptors (Lipinski definition) is 5. The molecule has 0 aliphatic carbocycles. The van der Waals surface area contributed by atoms with Gasteiger partial charge in [-0.25, -0.2) is 0 Å². The van der Waals surface area contributed by atoms with Gasteiger partial charge in [0.15, 0.2) is 5.84 Å². The molecule has 0 unspecified atom stereocenters. The third-order valence-electron chi connectivity index (χ3n) is 5.08. The lowest BCUT2D eigenvalue weighted by atomic mass is 10.1. The van der Waals surface area contributed by atoms with Crippen molar-refractivity contribution in [2.24, 2.45) is 4.40 Å². The van der Waals surface area contributed by atoms with E-state index in [4.69, 9.17) is 16.3 Å². The van der Waals surface area contributed by atoms with E-state index >= 15 is 0 Å². The number of carbonyl (C=O) groups is 1. The van der Waals surface area contributed by atoms with Gasteiger partial charge in [0, 0.05) is 35.4 Å². The molecule has 170 valence electrons. The molecular weight excluding hydrogens is 462 g/mol. The zero-order valence-electron chi connectivity index (χ0n) is 17.9. The van der Waals surface area contributed by atoms with Gasteiger partial charge in [-0.2, -0.15) is 8.42 Å². The first-order valence-electron chi connectivity index (χ1n) is 10.3. The molecular formula is C24H22ClN3O4S. The van der Waals surface area contributed by atoms with Crippen LogP contribution in [-0.4, -0.2) is 45.3 Å². The Hall–Kier alpha value is -3.36. The van der Waals surface area contributed by atoms with E-state index in [-0.39, 0.29) is 16.6 Å². The normalized spacial score (nSPS) is 13.7. The third kappa shape index (κ3) is 5.35. The second-order valence-corrected chi connectivity index (χ2v) is 9.51. The Bertz CT molecular complexity index is 1310. The predicted molar refractivity (Wildman–Crippen MR) is 129 cm³/mol. The molecule has 3 aromatic rings. The number of amidine groups is 1. The van der Waals surface area contributed by atoms with Crippen LogP contribution < -0.4 is 10.1 Å². The summed E-state index contributed by atoms with van der Waals surface area (Å²) in [5, 5.41) is 3.64. The minimum Gasteiger partial charge on any atom is -0.493 e. The Balaban J connectivity index is 1.32. The van der Waals surface area contributed by atoms with Gasteiger partial charge in [0.2, 0.25) is 0 Å². The van der Waals surface area contributed by atoms with Crippen molar-refractivity contribution in [3.8, 4) is 5.75 Å². The lowest BCUT2D eigenvalue weighted by molar-refractivity contribution is 0.0788. The van der Waals surface area contributed by atoms with Crippen LogP contribution in [-0.2, 0) is 10.0 Å². The monoisotopic (exact) mass is 483 g/mol. The first kappa shape index (κ1) is 22.8. The first-order valence-corrected chi connectivity index (χ1v) is 12.1. The summed E-state index contributed by atoms with van der Waals surface area (Å²) in [4.78, 5) is 14.5. The molecule has 1 aliphatic rings. The van der Waals surface area contributed by atoms with Crippen LogP contribution in [0.1, 0.15) is 22.3 Å². The zero-order valence-corrected chi connectivity index (χ0v) is 19.4. The number of nitrogens with one attached hydrogen (secondary N) is 1. The standard InChI is InChI=1S/C24H22ClN3O4S/c1-28(14-5-15-32-20-7-4-6-18(25)16-20)24(29)17-10-12-19(13-11-17)26-23-21-8-2-3-9-22(21)33(30,31)27-23/h2-4,6-13,16H,5,14-15H2,1H3,(H,26,27). The summed E-state index contributed by atoms with van der Waals surface area (Å²) in [5.41, 5.74) is 1.69. The molecule has 1 amide bonds. The number of sulfonamides is 1. The lowest BCUT2D eigenvalue weighted by Gasteiger charge is -2.17. The van der Waals surface area contributed by atoms with Crippen molar-refractivity contribution in [3.05, 3.63) is 88.9 Å². The number of halogens is 1. The second kappa shape index (κ2) is 9.64. The van der Waals surface area contributed by atoms with Crippen LogP contribution in [0.3, 0.4) is 0 Å². The Morgan fingerprint density at radius 2 is 1.82 bits per heavy atom. The van der Waals surface area contributed by atoms with E-state index in [1.54, 1.807) is 66.5 Å². The van der Waals surface area contributed by atoms with Crippen LogP contribution in [0.25, 0.3) is 0 Å². The average molecular weight is 484 g/mol. The Morgan fingerprint density at radius 3 is 2.58 bits per heavy atom. The maximum Gasteiger partial charge on any atom is 0.285 e. The SMILES string of the molecule is CN(CCCOc1cccc(Cl)c1)C(=O)c1ccc(NC2=NS(=O)(=O)c3ccccc32)cc1. The Kier molecular flexibility index (Phi) is 6.67. The third-order valence-corrected chi connectivity index (χ3v) is 6.65. The molecule has 7 nitrogen and oxygen atoms in total. The highest BCUT2D eigenvalue weighted by atomic mass is 35.5. The van der Waals surface area contributed by atoms with Crippen LogP contribution in [0, 0.1) is 0 Å². The number of rotatable bonds is 7. The smallest absolute Gasteiger partial charge is 0.285 e. The van der Waals surface area contributed by atoms with Crippen molar-refractivity contribution in [2.45, 2.75) is 11.3 Å². The van der Waals surface area contributed by atoms with Gasteiger partial charge in [0.1, 0.15) is 10.6 Å². The summed E-state index contributed by atoms with van der Waals surface area (Å²) in [6.45, 7) is 0.998. The van der Waals surface area contributed by atoms with Gasteiger partial charge in [0.05, 0.1) is 6.61 Å². The van der Waals surface area contributed by atoms with Crippen LogP contribution in [0.5, 0.6) is 5.75 Å². The quantitative estimate of drug-likeness (QED) is 0.502. The minimum atomic E-state index is -3.69. The number of fused-ring (bicyclic) bond motifs is 1. The van der Waals surface area contributed by atoms with Gasteiger partial charge in [-0.15, -0.1) is 4.40 Å². The summed E-state index contributed by atoms with van der Waals surface area (Å²) in [5.74, 6) is 0.846. The van der Waals surface area contributed by atoms with E-state index < -0.39 is 10.0 Å². The number of hydrogen-bond donors (Lipinski definition) is 1. The minimum absolute atomic E-state index is 0.115. The molecule has 0 saturated heterocycles. The van der Waals surface area contributed by atoms with Crippen molar-refractivity contribution in [1.29, 1.82) is 0 Å². The van der Waals surface area contributed by atoms with E-state index in [9.17, 15) is 13.2 Å². The van der Waals surface area contributed by atoms with Crippen molar-refractivity contribution in [3.63, 3.8) is 0 Å². The maximum atomic E-state index is 12.7. The highest BCUT2D eigenvalue weighted by Crippen LogP contribution is 2.26. The largest absolute Gasteiger partial charge is 0.493 e. The van der Waals surface area contributed by atoms with Crippen molar-refractivity contribution in [1.82, 2.24) is 4.90 Å². The Labute approximate surface area is 197 Å². The second-order valence-electron chi connectivity index (χ2n) is 7.50. The summed E-state index contributed by atoms with van der Waals surface area (Å²) in [6, 6.07) is 20.7. The topological polar surface area (TPSA) is 88.1 Å². The number of amides is 1. The number of nitrogens with zero attached hydrogens (tertiary/aromatic N) is 2. The summed E-state index contributed by atoms with van der Waals surface area (Å²) < 4.78 is 33.8. The number of benzene rings is 3. The molecule has 3 aromatic carbocycles. The highest BCUT2D eigenvalue weighted by molar-refractivity contribution is 7.90. The van der Waals surface area contributed by atoms with Gasteiger partial charge < -0.3 is 15.0 Å². The van der Waals surface area contributed by atoms with E-state index in [1.165, 1.54) is 6.07 Å². The fraction of sp³-hybridized carbons (Fsp3) is 0.167. The maximum absolute atomic E-state index is 12.7. The molecule has 0 aromatic heterocycles. The predicted octanol–water partition coefficient (Wildman–Crippen LogP) is 4.44. The van der Waals surface area contributed by atoms with Gasteiger partial charge in [-0.05, 0) is 61.0 Å². The van der Waals surface area contributed by atoms with Gasteiger partial charge in [0.25, 0.3) is 15.9 Å².